The Labute approximate surface area is 102 Å². The molecule has 1 aliphatic rings. The number of piperidine rings is 1. The molecule has 1 aromatic rings. The second-order valence-corrected chi connectivity index (χ2v) is 4.67. The molecule has 0 aliphatic carbocycles. The van der Waals surface area contributed by atoms with Gasteiger partial charge in [-0.1, -0.05) is 24.6 Å². The summed E-state index contributed by atoms with van der Waals surface area (Å²) in [5, 5.41) is 9.19. The summed E-state index contributed by atoms with van der Waals surface area (Å²) in [5.74, 6) is -0.829. The van der Waals surface area contributed by atoms with Crippen LogP contribution in [0.1, 0.15) is 48.1 Å². The molecule has 1 aliphatic heterocycles. The fraction of sp³-hybridized carbons (Fsp3) is 0.500. The van der Waals surface area contributed by atoms with E-state index in [1.165, 1.54) is 19.3 Å². The van der Waals surface area contributed by atoms with E-state index in [0.717, 1.165) is 18.7 Å². The van der Waals surface area contributed by atoms with Crippen molar-refractivity contribution in [2.75, 3.05) is 13.1 Å². The SMILES string of the molecule is CC(c1ccccc1C(=O)O)N1CCCCC1. The van der Waals surface area contributed by atoms with Gasteiger partial charge in [0.1, 0.15) is 0 Å². The van der Waals surface area contributed by atoms with Gasteiger partial charge in [-0.2, -0.15) is 0 Å². The van der Waals surface area contributed by atoms with Crippen LogP contribution >= 0.6 is 0 Å². The van der Waals surface area contributed by atoms with Crippen LogP contribution in [0.5, 0.6) is 0 Å². The van der Waals surface area contributed by atoms with Gasteiger partial charge in [-0.15, -0.1) is 0 Å². The first-order valence-corrected chi connectivity index (χ1v) is 6.26. The van der Waals surface area contributed by atoms with Gasteiger partial charge in [-0.05, 0) is 44.5 Å². The van der Waals surface area contributed by atoms with Crippen molar-refractivity contribution in [3.8, 4) is 0 Å². The minimum Gasteiger partial charge on any atom is -0.478 e. The van der Waals surface area contributed by atoms with E-state index >= 15 is 0 Å². The highest BCUT2D eigenvalue weighted by Crippen LogP contribution is 2.26. The Morgan fingerprint density at radius 3 is 2.53 bits per heavy atom. The molecule has 1 unspecified atom stereocenters. The fourth-order valence-electron chi connectivity index (χ4n) is 2.56. The predicted molar refractivity (Wildman–Crippen MR) is 67.2 cm³/mol. The Kier molecular flexibility index (Phi) is 3.79. The number of nitrogens with zero attached hydrogens (tertiary/aromatic N) is 1. The van der Waals surface area contributed by atoms with Gasteiger partial charge in [0.15, 0.2) is 0 Å². The standard InChI is InChI=1S/C14H19NO2/c1-11(15-9-5-2-6-10-15)12-7-3-4-8-13(12)14(16)17/h3-4,7-8,11H,2,5-6,9-10H2,1H3,(H,16,17). The van der Waals surface area contributed by atoms with Gasteiger partial charge in [0, 0.05) is 6.04 Å². The van der Waals surface area contributed by atoms with Gasteiger partial charge in [0.05, 0.1) is 5.56 Å². The lowest BCUT2D eigenvalue weighted by molar-refractivity contribution is 0.0692. The molecule has 0 saturated carbocycles. The number of carboxylic acid groups (broad SMARTS) is 1. The first-order chi connectivity index (χ1) is 8.20. The molecule has 0 amide bonds. The number of aromatic carboxylic acids is 1. The number of hydrogen-bond acceptors (Lipinski definition) is 2. The van der Waals surface area contributed by atoms with Gasteiger partial charge in [-0.3, -0.25) is 4.90 Å². The third kappa shape index (κ3) is 2.67. The first-order valence-electron chi connectivity index (χ1n) is 6.26. The Morgan fingerprint density at radius 2 is 1.88 bits per heavy atom. The van der Waals surface area contributed by atoms with Crippen molar-refractivity contribution in [3.63, 3.8) is 0 Å². The van der Waals surface area contributed by atoms with Crippen LogP contribution < -0.4 is 0 Å². The van der Waals surface area contributed by atoms with E-state index < -0.39 is 5.97 Å². The fourth-order valence-corrected chi connectivity index (χ4v) is 2.56. The van der Waals surface area contributed by atoms with Crippen LogP contribution in [0.2, 0.25) is 0 Å². The molecule has 0 radical (unpaired) electrons. The largest absolute Gasteiger partial charge is 0.478 e. The molecule has 92 valence electrons. The van der Waals surface area contributed by atoms with Crippen molar-refractivity contribution in [1.82, 2.24) is 4.90 Å². The third-order valence-electron chi connectivity index (χ3n) is 3.58. The zero-order valence-electron chi connectivity index (χ0n) is 10.2. The lowest BCUT2D eigenvalue weighted by atomic mass is 9.98. The smallest absolute Gasteiger partial charge is 0.336 e. The molecule has 1 heterocycles. The molecule has 2 rings (SSSR count). The zero-order chi connectivity index (χ0) is 12.3. The van der Waals surface area contributed by atoms with Crippen LogP contribution in [-0.2, 0) is 0 Å². The summed E-state index contributed by atoms with van der Waals surface area (Å²) in [6.07, 6.45) is 3.74. The van der Waals surface area contributed by atoms with Gasteiger partial charge in [-0.25, -0.2) is 4.79 Å². The zero-order valence-corrected chi connectivity index (χ0v) is 10.2. The highest BCUT2D eigenvalue weighted by atomic mass is 16.4. The minimum atomic E-state index is -0.829. The van der Waals surface area contributed by atoms with E-state index in [2.05, 4.69) is 11.8 Å². The summed E-state index contributed by atoms with van der Waals surface area (Å²) in [6.45, 7) is 4.26. The molecule has 1 aromatic carbocycles. The van der Waals surface area contributed by atoms with Gasteiger partial charge >= 0.3 is 5.97 Å². The summed E-state index contributed by atoms with van der Waals surface area (Å²) in [6, 6.07) is 7.53. The molecule has 3 heteroatoms. The molecule has 0 spiro atoms. The normalized spacial score (nSPS) is 18.9. The van der Waals surface area contributed by atoms with Crippen LogP contribution in [0.3, 0.4) is 0 Å². The molecule has 1 atom stereocenters. The lowest BCUT2D eigenvalue weighted by Gasteiger charge is -2.33. The molecule has 17 heavy (non-hydrogen) atoms. The van der Waals surface area contributed by atoms with Crippen molar-refractivity contribution in [1.29, 1.82) is 0 Å². The topological polar surface area (TPSA) is 40.5 Å². The quantitative estimate of drug-likeness (QED) is 0.872. The molecular weight excluding hydrogens is 214 g/mol. The summed E-state index contributed by atoms with van der Waals surface area (Å²) < 4.78 is 0. The molecular formula is C14H19NO2. The van der Waals surface area contributed by atoms with Crippen LogP contribution in [0.4, 0.5) is 0 Å². The van der Waals surface area contributed by atoms with Crippen LogP contribution in [0.25, 0.3) is 0 Å². The summed E-state index contributed by atoms with van der Waals surface area (Å²) in [5.41, 5.74) is 1.37. The van der Waals surface area contributed by atoms with Crippen LogP contribution in [0.15, 0.2) is 24.3 Å². The first kappa shape index (κ1) is 12.1. The highest BCUT2D eigenvalue weighted by Gasteiger charge is 2.21. The average molecular weight is 233 g/mol. The predicted octanol–water partition coefficient (Wildman–Crippen LogP) is 2.93. The number of rotatable bonds is 3. The Bertz CT molecular complexity index is 397. The van der Waals surface area contributed by atoms with E-state index in [4.69, 9.17) is 0 Å². The molecule has 1 fully saturated rings. The monoisotopic (exact) mass is 233 g/mol. The van der Waals surface area contributed by atoms with Crippen LogP contribution in [0, 0.1) is 0 Å². The molecule has 0 bridgehead atoms. The van der Waals surface area contributed by atoms with Crippen LogP contribution in [-0.4, -0.2) is 29.1 Å². The second-order valence-electron chi connectivity index (χ2n) is 4.67. The van der Waals surface area contributed by atoms with Crippen molar-refractivity contribution >= 4 is 5.97 Å². The Morgan fingerprint density at radius 1 is 1.24 bits per heavy atom. The average Bonchev–Trinajstić information content (AvgIpc) is 2.39. The van der Waals surface area contributed by atoms with E-state index in [1.807, 2.05) is 12.1 Å². The minimum absolute atomic E-state index is 0.197. The summed E-state index contributed by atoms with van der Waals surface area (Å²) in [7, 11) is 0. The maximum atomic E-state index is 11.2. The number of carbonyl (C=O) groups is 1. The molecule has 1 saturated heterocycles. The summed E-state index contributed by atoms with van der Waals surface area (Å²) >= 11 is 0. The van der Waals surface area contributed by atoms with Crippen molar-refractivity contribution in [3.05, 3.63) is 35.4 Å². The number of likely N-dealkylation sites (tertiary alicyclic amines) is 1. The van der Waals surface area contributed by atoms with E-state index in [9.17, 15) is 9.90 Å². The molecule has 0 aromatic heterocycles. The van der Waals surface area contributed by atoms with Gasteiger partial charge in [0.25, 0.3) is 0 Å². The maximum absolute atomic E-state index is 11.2. The molecule has 1 N–H and O–H groups in total. The Hall–Kier alpha value is -1.35. The van der Waals surface area contributed by atoms with Crippen molar-refractivity contribution in [2.24, 2.45) is 0 Å². The number of benzene rings is 1. The van der Waals surface area contributed by atoms with E-state index in [-0.39, 0.29) is 6.04 Å². The van der Waals surface area contributed by atoms with E-state index in [1.54, 1.807) is 12.1 Å². The highest BCUT2D eigenvalue weighted by molar-refractivity contribution is 5.89. The van der Waals surface area contributed by atoms with E-state index in [0.29, 0.717) is 5.56 Å². The van der Waals surface area contributed by atoms with Crippen molar-refractivity contribution < 1.29 is 9.90 Å². The summed E-state index contributed by atoms with van der Waals surface area (Å²) in [4.78, 5) is 13.6. The van der Waals surface area contributed by atoms with Gasteiger partial charge in [0.2, 0.25) is 0 Å². The third-order valence-corrected chi connectivity index (χ3v) is 3.58. The second kappa shape index (κ2) is 5.32. The Balaban J connectivity index is 2.23. The number of carboxylic acids is 1. The number of hydrogen-bond donors (Lipinski definition) is 1. The maximum Gasteiger partial charge on any atom is 0.336 e. The molecule has 3 nitrogen and oxygen atoms in total. The van der Waals surface area contributed by atoms with Crippen molar-refractivity contribution in [2.45, 2.75) is 32.2 Å². The lowest BCUT2D eigenvalue weighted by Crippen LogP contribution is -2.33. The van der Waals surface area contributed by atoms with Gasteiger partial charge < -0.3 is 5.11 Å².